The standard InChI is InChI=1S/C18H23F4NO2/c1-11-10-23(16(24)25-17(2,3)4)8-7-13(11)14-6-5-12(9-15(14)19)18(20,21)22/h5-6,9,11,13H,7-8,10H2,1-4H3. The number of ether oxygens (including phenoxy) is 1. The highest BCUT2D eigenvalue weighted by atomic mass is 19.4. The van der Waals surface area contributed by atoms with Crippen molar-refractivity contribution < 1.29 is 27.1 Å². The highest BCUT2D eigenvalue weighted by Crippen LogP contribution is 2.37. The van der Waals surface area contributed by atoms with Gasteiger partial charge in [-0.25, -0.2) is 9.18 Å². The number of hydrogen-bond donors (Lipinski definition) is 0. The lowest BCUT2D eigenvalue weighted by atomic mass is 9.81. The molecule has 2 atom stereocenters. The van der Waals surface area contributed by atoms with Crippen LogP contribution in [0.1, 0.15) is 51.2 Å². The summed E-state index contributed by atoms with van der Waals surface area (Å²) in [4.78, 5) is 13.7. The van der Waals surface area contributed by atoms with Crippen molar-refractivity contribution in [1.82, 2.24) is 4.90 Å². The monoisotopic (exact) mass is 361 g/mol. The minimum atomic E-state index is -4.56. The Balaban J connectivity index is 2.10. The van der Waals surface area contributed by atoms with Gasteiger partial charge in [0.1, 0.15) is 11.4 Å². The number of halogens is 4. The van der Waals surface area contributed by atoms with Crippen LogP contribution >= 0.6 is 0 Å². The summed E-state index contributed by atoms with van der Waals surface area (Å²) in [5, 5.41) is 0. The molecule has 0 aromatic heterocycles. The number of carbonyl (C=O) groups excluding carboxylic acids is 1. The number of amides is 1. The Morgan fingerprint density at radius 2 is 1.88 bits per heavy atom. The molecule has 0 N–H and O–H groups in total. The summed E-state index contributed by atoms with van der Waals surface area (Å²) in [5.74, 6) is -1.18. The fourth-order valence-corrected chi connectivity index (χ4v) is 3.10. The summed E-state index contributed by atoms with van der Waals surface area (Å²) < 4.78 is 57.5. The van der Waals surface area contributed by atoms with E-state index < -0.39 is 29.3 Å². The SMILES string of the molecule is CC1CN(C(=O)OC(C)(C)C)CCC1c1ccc(C(F)(F)F)cc1F. The molecule has 1 saturated heterocycles. The fourth-order valence-electron chi connectivity index (χ4n) is 3.10. The Hall–Kier alpha value is -1.79. The predicted molar refractivity (Wildman–Crippen MR) is 85.7 cm³/mol. The van der Waals surface area contributed by atoms with Crippen molar-refractivity contribution >= 4 is 6.09 Å². The Morgan fingerprint density at radius 3 is 2.36 bits per heavy atom. The molecule has 2 rings (SSSR count). The Bertz CT molecular complexity index is 637. The normalized spacial score (nSPS) is 22.0. The van der Waals surface area contributed by atoms with Gasteiger partial charge in [0.25, 0.3) is 0 Å². The van der Waals surface area contributed by atoms with Gasteiger partial charge < -0.3 is 9.64 Å². The number of hydrogen-bond acceptors (Lipinski definition) is 2. The number of piperidine rings is 1. The zero-order valence-electron chi connectivity index (χ0n) is 14.8. The van der Waals surface area contributed by atoms with Gasteiger partial charge in [0.15, 0.2) is 0 Å². The summed E-state index contributed by atoms with van der Waals surface area (Å²) in [7, 11) is 0. The quantitative estimate of drug-likeness (QED) is 0.643. The topological polar surface area (TPSA) is 29.5 Å². The number of carbonyl (C=O) groups is 1. The van der Waals surface area contributed by atoms with E-state index in [-0.39, 0.29) is 17.4 Å². The zero-order chi connectivity index (χ0) is 19.0. The van der Waals surface area contributed by atoms with E-state index in [0.29, 0.717) is 25.6 Å². The molecule has 1 aliphatic rings. The third kappa shape index (κ3) is 4.86. The molecule has 3 nitrogen and oxygen atoms in total. The van der Waals surface area contributed by atoms with Crippen molar-refractivity contribution in [3.05, 3.63) is 35.1 Å². The van der Waals surface area contributed by atoms with Gasteiger partial charge >= 0.3 is 12.3 Å². The van der Waals surface area contributed by atoms with Gasteiger partial charge in [0.05, 0.1) is 5.56 Å². The van der Waals surface area contributed by atoms with E-state index in [9.17, 15) is 22.4 Å². The first-order chi connectivity index (χ1) is 11.4. The van der Waals surface area contributed by atoms with Crippen molar-refractivity contribution in [1.29, 1.82) is 0 Å². The third-order valence-electron chi connectivity index (χ3n) is 4.28. The Morgan fingerprint density at radius 1 is 1.24 bits per heavy atom. The maximum absolute atomic E-state index is 14.2. The molecule has 1 heterocycles. The van der Waals surface area contributed by atoms with Gasteiger partial charge in [-0.1, -0.05) is 13.0 Å². The number of benzene rings is 1. The van der Waals surface area contributed by atoms with E-state index in [0.717, 1.165) is 6.07 Å². The van der Waals surface area contributed by atoms with Crippen LogP contribution in [0.25, 0.3) is 0 Å². The summed E-state index contributed by atoms with van der Waals surface area (Å²) >= 11 is 0. The van der Waals surface area contributed by atoms with Crippen LogP contribution in [0.3, 0.4) is 0 Å². The van der Waals surface area contributed by atoms with Crippen molar-refractivity contribution in [2.45, 2.75) is 51.8 Å². The summed E-state index contributed by atoms with van der Waals surface area (Å²) in [6, 6.07) is 2.66. The number of rotatable bonds is 1. The van der Waals surface area contributed by atoms with Crippen molar-refractivity contribution in [3.8, 4) is 0 Å². The molecule has 0 bridgehead atoms. The maximum Gasteiger partial charge on any atom is 0.416 e. The van der Waals surface area contributed by atoms with Gasteiger partial charge in [0, 0.05) is 13.1 Å². The van der Waals surface area contributed by atoms with Crippen LogP contribution in [0, 0.1) is 11.7 Å². The average molecular weight is 361 g/mol. The molecule has 2 unspecified atom stereocenters. The van der Waals surface area contributed by atoms with Crippen LogP contribution in [0.15, 0.2) is 18.2 Å². The minimum Gasteiger partial charge on any atom is -0.444 e. The second kappa shape index (κ2) is 6.84. The van der Waals surface area contributed by atoms with E-state index in [2.05, 4.69) is 0 Å². The summed E-state index contributed by atoms with van der Waals surface area (Å²) in [6.45, 7) is 7.94. The fraction of sp³-hybridized carbons (Fsp3) is 0.611. The molecule has 7 heteroatoms. The largest absolute Gasteiger partial charge is 0.444 e. The van der Waals surface area contributed by atoms with E-state index in [1.807, 2.05) is 6.92 Å². The number of likely N-dealkylation sites (tertiary alicyclic amines) is 1. The van der Waals surface area contributed by atoms with Crippen LogP contribution < -0.4 is 0 Å². The molecule has 140 valence electrons. The minimum absolute atomic E-state index is 0.0903. The molecular weight excluding hydrogens is 338 g/mol. The first-order valence-corrected chi connectivity index (χ1v) is 8.23. The zero-order valence-corrected chi connectivity index (χ0v) is 14.8. The molecule has 0 saturated carbocycles. The molecule has 1 amide bonds. The van der Waals surface area contributed by atoms with Crippen LogP contribution in [-0.2, 0) is 10.9 Å². The molecular formula is C18H23F4NO2. The Labute approximate surface area is 145 Å². The van der Waals surface area contributed by atoms with Gasteiger partial charge in [-0.2, -0.15) is 13.2 Å². The van der Waals surface area contributed by atoms with Gasteiger partial charge in [-0.05, 0) is 56.7 Å². The molecule has 25 heavy (non-hydrogen) atoms. The highest BCUT2D eigenvalue weighted by Gasteiger charge is 2.35. The molecule has 0 spiro atoms. The molecule has 1 aliphatic heterocycles. The highest BCUT2D eigenvalue weighted by molar-refractivity contribution is 5.68. The lowest BCUT2D eigenvalue weighted by Gasteiger charge is -2.38. The van der Waals surface area contributed by atoms with Crippen molar-refractivity contribution in [2.24, 2.45) is 5.92 Å². The molecule has 1 aromatic carbocycles. The lowest BCUT2D eigenvalue weighted by Crippen LogP contribution is -2.44. The van der Waals surface area contributed by atoms with Crippen LogP contribution in [0.5, 0.6) is 0 Å². The van der Waals surface area contributed by atoms with E-state index >= 15 is 0 Å². The second-order valence-electron chi connectivity index (χ2n) is 7.53. The van der Waals surface area contributed by atoms with E-state index in [4.69, 9.17) is 4.74 Å². The third-order valence-corrected chi connectivity index (χ3v) is 4.28. The average Bonchev–Trinajstić information content (AvgIpc) is 2.44. The van der Waals surface area contributed by atoms with E-state index in [1.165, 1.54) is 6.07 Å². The first kappa shape index (κ1) is 19.5. The van der Waals surface area contributed by atoms with Gasteiger partial charge in [-0.15, -0.1) is 0 Å². The molecule has 0 radical (unpaired) electrons. The second-order valence-corrected chi connectivity index (χ2v) is 7.53. The van der Waals surface area contributed by atoms with Crippen LogP contribution in [0.2, 0.25) is 0 Å². The number of nitrogens with zero attached hydrogens (tertiary/aromatic N) is 1. The van der Waals surface area contributed by atoms with Crippen molar-refractivity contribution in [3.63, 3.8) is 0 Å². The van der Waals surface area contributed by atoms with Gasteiger partial charge in [0.2, 0.25) is 0 Å². The number of alkyl halides is 3. The first-order valence-electron chi connectivity index (χ1n) is 8.23. The van der Waals surface area contributed by atoms with Gasteiger partial charge in [-0.3, -0.25) is 0 Å². The van der Waals surface area contributed by atoms with Crippen LogP contribution in [0.4, 0.5) is 22.4 Å². The molecule has 1 aromatic rings. The molecule has 1 fully saturated rings. The lowest BCUT2D eigenvalue weighted by molar-refractivity contribution is -0.137. The van der Waals surface area contributed by atoms with E-state index in [1.54, 1.807) is 25.7 Å². The van der Waals surface area contributed by atoms with Crippen molar-refractivity contribution in [2.75, 3.05) is 13.1 Å². The Kier molecular flexibility index (Phi) is 5.35. The maximum atomic E-state index is 14.2. The smallest absolute Gasteiger partial charge is 0.416 e. The summed E-state index contributed by atoms with van der Waals surface area (Å²) in [5.41, 5.74) is -1.33. The molecule has 0 aliphatic carbocycles. The van der Waals surface area contributed by atoms with Crippen LogP contribution in [-0.4, -0.2) is 29.7 Å². The summed E-state index contributed by atoms with van der Waals surface area (Å²) in [6.07, 6.45) is -4.51. The predicted octanol–water partition coefficient (Wildman–Crippen LogP) is 5.21.